The second-order valence-corrected chi connectivity index (χ2v) is 23.6. The molecule has 0 radical (unpaired) electrons. The van der Waals surface area contributed by atoms with Crippen molar-refractivity contribution in [2.24, 2.45) is 0 Å². The Morgan fingerprint density at radius 3 is 1.64 bits per heavy atom. The highest BCUT2D eigenvalue weighted by Crippen LogP contribution is 2.51. The Labute approximate surface area is 495 Å². The van der Waals surface area contributed by atoms with E-state index < -0.39 is 0 Å². The third kappa shape index (κ3) is 8.11. The maximum Gasteiger partial charge on any atom is 0.237 e. The van der Waals surface area contributed by atoms with Crippen molar-refractivity contribution in [1.82, 2.24) is 44.4 Å². The molecule has 0 saturated carbocycles. The van der Waals surface area contributed by atoms with Gasteiger partial charge in [-0.15, -0.1) is 0 Å². The highest BCUT2D eigenvalue weighted by atomic mass is 35.5. The molecule has 0 unspecified atom stereocenters. The topological polar surface area (TPSA) is 108 Å². The van der Waals surface area contributed by atoms with Crippen LogP contribution in [0.25, 0.3) is 122 Å². The van der Waals surface area contributed by atoms with Crippen molar-refractivity contribution in [1.29, 1.82) is 0 Å². The minimum atomic E-state index is -0.118. The molecule has 0 bridgehead atoms. The molecule has 402 valence electrons. The van der Waals surface area contributed by atoms with Gasteiger partial charge in [0.15, 0.2) is 11.3 Å². The fraction of sp³-hybridized carbons (Fsp3) is 0.0933. The fourth-order valence-corrected chi connectivity index (χ4v) is 13.7. The van der Waals surface area contributed by atoms with Crippen LogP contribution in [0.3, 0.4) is 0 Å². The summed E-state index contributed by atoms with van der Waals surface area (Å²) in [5.41, 5.74) is 23.9. The molecule has 0 saturated heterocycles. The molecule has 5 aromatic heterocycles. The fourth-order valence-electron chi connectivity index (χ4n) is 13.5. The molecule has 4 aliphatic carbocycles. The van der Waals surface area contributed by atoms with Gasteiger partial charge in [-0.2, -0.15) is 9.97 Å². The molecular weight excluding hydrogens is 1060 g/mol. The van der Waals surface area contributed by atoms with Crippen molar-refractivity contribution >= 4 is 82.9 Å². The van der Waals surface area contributed by atoms with Crippen LogP contribution in [0.4, 0.5) is 0 Å². The molecule has 0 spiro atoms. The number of aromatic nitrogens is 9. The minimum Gasteiger partial charge on any atom is -0.278 e. The highest BCUT2D eigenvalue weighted by molar-refractivity contribution is 6.28. The maximum absolute atomic E-state index is 6.13. The Hall–Kier alpha value is -10.4. The Morgan fingerprint density at radius 1 is 0.447 bits per heavy atom. The van der Waals surface area contributed by atoms with Crippen molar-refractivity contribution in [3.63, 3.8) is 0 Å². The van der Waals surface area contributed by atoms with E-state index in [9.17, 15) is 0 Å². The van der Waals surface area contributed by atoms with E-state index in [1.54, 1.807) is 24.8 Å². The van der Waals surface area contributed by atoms with Gasteiger partial charge in [0.1, 0.15) is 34.6 Å². The zero-order valence-electron chi connectivity index (χ0n) is 47.0. The van der Waals surface area contributed by atoms with Crippen LogP contribution in [0.15, 0.2) is 231 Å². The Morgan fingerprint density at radius 2 is 0.976 bits per heavy atom. The standard InChI is InChI=1S/C37H25N5.C21H15ClN4.C17H11/c1-37(2)29-13-7-5-11-25(29)26-16-15-24(20-30(26)37)33-34-35(39-18-17-38-34)41-36(40-33)42-31-14-8-6-12-27(31)28-19-22-9-3-4-10-23(22)21-32(28)42;1-21(2)15-6-4-3-5-13(15)14-8-7-12(11-16(14)21)17-18-19(24-10-9-23-18)26-20(22)25-17;1-2-6-13-11-17-15(9-12(13)5-1)10-14-7-3-4-8-16(14)17/h3-21H,1-2H3;3-11H,1-2H3;1-2,4-9,11H,10H2/q;;+1. The lowest BCUT2D eigenvalue weighted by atomic mass is 9.82. The van der Waals surface area contributed by atoms with Gasteiger partial charge >= 0.3 is 0 Å². The number of hydrogen-bond acceptors (Lipinski definition) is 8. The zero-order chi connectivity index (χ0) is 57.1. The number of allylic oxidation sites excluding steroid dienone is 6. The van der Waals surface area contributed by atoms with Crippen molar-refractivity contribution in [3.05, 3.63) is 275 Å². The van der Waals surface area contributed by atoms with Gasteiger partial charge in [0.25, 0.3) is 0 Å². The molecular formula is C75H51ClN9+. The third-order valence-corrected chi connectivity index (χ3v) is 17.8. The Bertz CT molecular complexity index is 5260. The van der Waals surface area contributed by atoms with Crippen LogP contribution in [-0.4, -0.2) is 44.4 Å². The van der Waals surface area contributed by atoms with Gasteiger partial charge < -0.3 is 0 Å². The van der Waals surface area contributed by atoms with Crippen LogP contribution in [0.1, 0.15) is 61.1 Å². The summed E-state index contributed by atoms with van der Waals surface area (Å²) in [5, 5.41) is 7.56. The molecule has 0 aliphatic heterocycles. The number of para-hydroxylation sites is 1. The van der Waals surface area contributed by atoms with Crippen molar-refractivity contribution in [3.8, 4) is 50.7 Å². The molecule has 10 heteroatoms. The van der Waals surface area contributed by atoms with Crippen molar-refractivity contribution in [2.75, 3.05) is 0 Å². The molecule has 0 fully saturated rings. The molecule has 9 nitrogen and oxygen atoms in total. The van der Waals surface area contributed by atoms with Gasteiger partial charge in [0, 0.05) is 75.6 Å². The van der Waals surface area contributed by atoms with Gasteiger partial charge in [-0.05, 0) is 126 Å². The van der Waals surface area contributed by atoms with E-state index in [0.29, 0.717) is 34.0 Å². The summed E-state index contributed by atoms with van der Waals surface area (Å²) in [6.45, 7) is 9.11. The number of rotatable bonds is 3. The zero-order valence-corrected chi connectivity index (χ0v) is 47.7. The molecule has 5 heterocycles. The highest BCUT2D eigenvalue weighted by Gasteiger charge is 2.37. The first-order valence-corrected chi connectivity index (χ1v) is 29.0. The van der Waals surface area contributed by atoms with E-state index in [0.717, 1.165) is 34.3 Å². The van der Waals surface area contributed by atoms with Crippen LogP contribution >= 0.6 is 11.6 Å². The monoisotopic (exact) mass is 1110 g/mol. The molecule has 85 heavy (non-hydrogen) atoms. The van der Waals surface area contributed by atoms with E-state index in [4.69, 9.17) is 26.6 Å². The minimum absolute atomic E-state index is 0.0692. The lowest BCUT2D eigenvalue weighted by Crippen LogP contribution is -2.15. The van der Waals surface area contributed by atoms with Gasteiger partial charge in [0.05, 0.1) is 28.3 Å². The molecule has 0 atom stereocenters. The summed E-state index contributed by atoms with van der Waals surface area (Å²) in [5.74, 6) is 0.586. The molecule has 14 aromatic rings. The molecule has 9 aromatic carbocycles. The molecule has 18 rings (SSSR count). The largest absolute Gasteiger partial charge is 0.278 e. The first-order chi connectivity index (χ1) is 41.5. The van der Waals surface area contributed by atoms with Gasteiger partial charge in [0.2, 0.25) is 11.2 Å². The van der Waals surface area contributed by atoms with Crippen LogP contribution in [0.5, 0.6) is 0 Å². The number of benzene rings is 9. The summed E-state index contributed by atoms with van der Waals surface area (Å²) in [4.78, 5) is 36.9. The van der Waals surface area contributed by atoms with E-state index in [1.807, 2.05) is 6.08 Å². The maximum atomic E-state index is 6.13. The predicted octanol–water partition coefficient (Wildman–Crippen LogP) is 17.8. The van der Waals surface area contributed by atoms with Gasteiger partial charge in [-0.25, -0.2) is 29.9 Å². The van der Waals surface area contributed by atoms with E-state index >= 15 is 0 Å². The predicted molar refractivity (Wildman–Crippen MR) is 345 cm³/mol. The molecule has 0 amide bonds. The first kappa shape index (κ1) is 50.3. The number of hydrogen-bond donors (Lipinski definition) is 0. The average molecular weight is 1110 g/mol. The van der Waals surface area contributed by atoms with E-state index in [2.05, 4.69) is 257 Å². The Balaban J connectivity index is 0.000000116. The SMILES string of the molecule is CC1(C)c2ccccc2-c2ccc(-c3nc(-n4c5ccccc5c5cc6ccccc6cc54)nc4nccnc34)cc21.CC1(C)c2ccccc2-c2ccc(-c3nc(Cl)nc4nccnc34)cc21.[C+]1=CC2=C(C=C1)c1cc3ccccc3cc1C2. The molecule has 0 N–H and O–H groups in total. The van der Waals surface area contributed by atoms with Crippen molar-refractivity contribution < 1.29 is 0 Å². The second kappa shape index (κ2) is 19.3. The van der Waals surface area contributed by atoms with Gasteiger partial charge in [-0.1, -0.05) is 167 Å². The molecule has 4 aliphatic rings. The summed E-state index contributed by atoms with van der Waals surface area (Å²) in [6, 6.07) is 65.1. The number of halogens is 1. The van der Waals surface area contributed by atoms with Crippen molar-refractivity contribution in [2.45, 2.75) is 44.9 Å². The second-order valence-electron chi connectivity index (χ2n) is 23.2. The number of fused-ring (bicyclic) bond motifs is 15. The summed E-state index contributed by atoms with van der Waals surface area (Å²) in [6.07, 6.45) is 17.2. The summed E-state index contributed by atoms with van der Waals surface area (Å²) >= 11 is 6.13. The quantitative estimate of drug-likeness (QED) is 0.127. The average Bonchev–Trinajstić information content (AvgIpc) is 2.55. The normalized spacial score (nSPS) is 14.3. The third-order valence-electron chi connectivity index (χ3n) is 17.7. The smallest absolute Gasteiger partial charge is 0.237 e. The first-order valence-electron chi connectivity index (χ1n) is 28.6. The summed E-state index contributed by atoms with van der Waals surface area (Å²) < 4.78 is 2.17. The van der Waals surface area contributed by atoms with E-state index in [1.165, 1.54) is 99.1 Å². The lowest BCUT2D eigenvalue weighted by Gasteiger charge is -2.22. The lowest BCUT2D eigenvalue weighted by molar-refractivity contribution is 0.660. The summed E-state index contributed by atoms with van der Waals surface area (Å²) in [7, 11) is 0. The van der Waals surface area contributed by atoms with E-state index in [-0.39, 0.29) is 16.1 Å². The van der Waals surface area contributed by atoms with Crippen LogP contribution in [0, 0.1) is 6.08 Å². The number of nitrogens with zero attached hydrogens (tertiary/aromatic N) is 9. The van der Waals surface area contributed by atoms with Crippen LogP contribution in [-0.2, 0) is 17.3 Å². The van der Waals surface area contributed by atoms with Gasteiger partial charge in [-0.3, -0.25) is 4.57 Å². The Kier molecular flexibility index (Phi) is 11.4. The van der Waals surface area contributed by atoms with Crippen LogP contribution in [0.2, 0.25) is 5.28 Å². The van der Waals surface area contributed by atoms with Crippen LogP contribution < -0.4 is 0 Å².